The second-order valence-corrected chi connectivity index (χ2v) is 6.86. The van der Waals surface area contributed by atoms with Gasteiger partial charge in [0.15, 0.2) is 0 Å². The number of likely N-dealkylation sites (tertiary alicyclic amines) is 1. The van der Waals surface area contributed by atoms with E-state index < -0.39 is 0 Å². The van der Waals surface area contributed by atoms with Gasteiger partial charge in [-0.25, -0.2) is 4.68 Å². The molecule has 26 heavy (non-hydrogen) atoms. The minimum Gasteiger partial charge on any atom is -0.495 e. The SMILES string of the molecule is COc1ccc(-c2cn(CC(=O)NC3CCN(C(C)C)CC3)nn2)nc1. The lowest BCUT2D eigenvalue weighted by molar-refractivity contribution is -0.122. The Kier molecular flexibility index (Phi) is 5.82. The lowest BCUT2D eigenvalue weighted by atomic mass is 10.0. The van der Waals surface area contributed by atoms with Gasteiger partial charge in [-0.2, -0.15) is 0 Å². The molecule has 0 atom stereocenters. The van der Waals surface area contributed by atoms with Crippen LogP contribution in [0.3, 0.4) is 0 Å². The van der Waals surface area contributed by atoms with Crippen molar-refractivity contribution in [1.82, 2.24) is 30.2 Å². The van der Waals surface area contributed by atoms with Crippen molar-refractivity contribution in [1.29, 1.82) is 0 Å². The van der Waals surface area contributed by atoms with Gasteiger partial charge in [0.2, 0.25) is 5.91 Å². The van der Waals surface area contributed by atoms with Crippen LogP contribution in [0.2, 0.25) is 0 Å². The Bertz CT molecular complexity index is 720. The number of carbonyl (C=O) groups excluding carboxylic acids is 1. The van der Waals surface area contributed by atoms with E-state index in [1.54, 1.807) is 24.2 Å². The molecular formula is C18H26N6O2. The van der Waals surface area contributed by atoms with Crippen LogP contribution in [0.4, 0.5) is 0 Å². The van der Waals surface area contributed by atoms with E-state index in [0.29, 0.717) is 23.2 Å². The summed E-state index contributed by atoms with van der Waals surface area (Å²) >= 11 is 0. The molecule has 0 bridgehead atoms. The lowest BCUT2D eigenvalue weighted by Gasteiger charge is -2.34. The number of nitrogens with one attached hydrogen (secondary N) is 1. The van der Waals surface area contributed by atoms with Gasteiger partial charge in [0.25, 0.3) is 0 Å². The van der Waals surface area contributed by atoms with Crippen molar-refractivity contribution >= 4 is 5.91 Å². The molecule has 0 spiro atoms. The van der Waals surface area contributed by atoms with Crippen LogP contribution >= 0.6 is 0 Å². The number of methoxy groups -OCH3 is 1. The van der Waals surface area contributed by atoms with Crippen LogP contribution in [0.25, 0.3) is 11.4 Å². The maximum atomic E-state index is 12.3. The van der Waals surface area contributed by atoms with E-state index in [9.17, 15) is 4.79 Å². The highest BCUT2D eigenvalue weighted by atomic mass is 16.5. The van der Waals surface area contributed by atoms with Gasteiger partial charge in [-0.15, -0.1) is 5.10 Å². The average Bonchev–Trinajstić information content (AvgIpc) is 3.10. The molecule has 1 aliphatic heterocycles. The second kappa shape index (κ2) is 8.27. The number of amides is 1. The van der Waals surface area contributed by atoms with Crippen molar-refractivity contribution in [3.8, 4) is 17.1 Å². The molecule has 140 valence electrons. The normalized spacial score (nSPS) is 16.0. The Balaban J connectivity index is 1.51. The topological polar surface area (TPSA) is 85.2 Å². The Morgan fingerprint density at radius 2 is 2.08 bits per heavy atom. The Labute approximate surface area is 153 Å². The van der Waals surface area contributed by atoms with E-state index >= 15 is 0 Å². The number of hydrogen-bond donors (Lipinski definition) is 1. The summed E-state index contributed by atoms with van der Waals surface area (Å²) in [6, 6.07) is 4.43. The molecule has 8 nitrogen and oxygen atoms in total. The highest BCUT2D eigenvalue weighted by Gasteiger charge is 2.22. The number of ether oxygens (including phenoxy) is 1. The Morgan fingerprint density at radius 1 is 1.31 bits per heavy atom. The standard InChI is InChI=1S/C18H26N6O2/c1-13(2)23-8-6-14(7-9-23)20-18(25)12-24-11-17(21-22-24)16-5-4-15(26-3)10-19-16/h4-5,10-11,13-14H,6-9,12H2,1-3H3,(H,20,25). The van der Waals surface area contributed by atoms with Crippen molar-refractivity contribution in [2.45, 2.75) is 45.3 Å². The lowest BCUT2D eigenvalue weighted by Crippen LogP contribution is -2.47. The van der Waals surface area contributed by atoms with Gasteiger partial charge in [-0.3, -0.25) is 9.78 Å². The van der Waals surface area contributed by atoms with Crippen LogP contribution in [-0.2, 0) is 11.3 Å². The number of piperidine rings is 1. The first-order chi connectivity index (χ1) is 12.5. The molecule has 1 amide bonds. The Morgan fingerprint density at radius 3 is 2.69 bits per heavy atom. The number of nitrogens with zero attached hydrogens (tertiary/aromatic N) is 5. The van der Waals surface area contributed by atoms with Crippen molar-refractivity contribution in [2.75, 3.05) is 20.2 Å². The molecule has 0 radical (unpaired) electrons. The highest BCUT2D eigenvalue weighted by Crippen LogP contribution is 2.17. The van der Waals surface area contributed by atoms with E-state index in [1.807, 2.05) is 12.1 Å². The van der Waals surface area contributed by atoms with Crippen molar-refractivity contribution in [3.63, 3.8) is 0 Å². The molecule has 3 heterocycles. The molecule has 0 saturated carbocycles. The highest BCUT2D eigenvalue weighted by molar-refractivity contribution is 5.76. The fourth-order valence-electron chi connectivity index (χ4n) is 3.13. The summed E-state index contributed by atoms with van der Waals surface area (Å²) in [7, 11) is 1.60. The zero-order valence-electron chi connectivity index (χ0n) is 15.6. The molecule has 2 aromatic rings. The number of carbonyl (C=O) groups is 1. The molecular weight excluding hydrogens is 332 g/mol. The second-order valence-electron chi connectivity index (χ2n) is 6.86. The third-order valence-corrected chi connectivity index (χ3v) is 4.70. The Hall–Kier alpha value is -2.48. The van der Waals surface area contributed by atoms with E-state index in [-0.39, 0.29) is 18.5 Å². The van der Waals surface area contributed by atoms with Crippen molar-refractivity contribution in [3.05, 3.63) is 24.5 Å². The molecule has 1 fully saturated rings. The maximum absolute atomic E-state index is 12.3. The van der Waals surface area contributed by atoms with Gasteiger partial charge in [0.05, 0.1) is 25.2 Å². The van der Waals surface area contributed by atoms with Gasteiger partial charge < -0.3 is 15.0 Å². The van der Waals surface area contributed by atoms with Crippen LogP contribution in [-0.4, -0.2) is 63.1 Å². The molecule has 1 saturated heterocycles. The molecule has 3 rings (SSSR count). The van der Waals surface area contributed by atoms with Gasteiger partial charge >= 0.3 is 0 Å². The molecule has 0 aromatic carbocycles. The van der Waals surface area contributed by atoms with Crippen molar-refractivity contribution in [2.24, 2.45) is 0 Å². The number of rotatable bonds is 6. The average molecular weight is 358 g/mol. The van der Waals surface area contributed by atoms with Gasteiger partial charge in [-0.05, 0) is 38.8 Å². The summed E-state index contributed by atoms with van der Waals surface area (Å²) in [5, 5.41) is 11.2. The predicted octanol–water partition coefficient (Wildman–Crippen LogP) is 1.34. The largest absolute Gasteiger partial charge is 0.495 e. The van der Waals surface area contributed by atoms with Crippen molar-refractivity contribution < 1.29 is 9.53 Å². The third-order valence-electron chi connectivity index (χ3n) is 4.70. The third kappa shape index (κ3) is 4.57. The molecule has 2 aromatic heterocycles. The first-order valence-corrected chi connectivity index (χ1v) is 8.99. The minimum absolute atomic E-state index is 0.0351. The summed E-state index contributed by atoms with van der Waals surface area (Å²) in [5.41, 5.74) is 1.32. The smallest absolute Gasteiger partial charge is 0.242 e. The molecule has 1 N–H and O–H groups in total. The number of hydrogen-bond acceptors (Lipinski definition) is 6. The predicted molar refractivity (Wildman–Crippen MR) is 97.7 cm³/mol. The van der Waals surface area contributed by atoms with Crippen LogP contribution in [0.5, 0.6) is 5.75 Å². The zero-order valence-corrected chi connectivity index (χ0v) is 15.6. The first-order valence-electron chi connectivity index (χ1n) is 8.99. The molecule has 8 heteroatoms. The fraction of sp³-hybridized carbons (Fsp3) is 0.556. The first kappa shape index (κ1) is 18.3. The van der Waals surface area contributed by atoms with Crippen LogP contribution in [0.15, 0.2) is 24.5 Å². The van der Waals surface area contributed by atoms with Crippen LogP contribution < -0.4 is 10.1 Å². The van der Waals surface area contributed by atoms with Gasteiger partial charge in [-0.1, -0.05) is 5.21 Å². The summed E-state index contributed by atoms with van der Waals surface area (Å²) in [6.45, 7) is 6.63. The summed E-state index contributed by atoms with van der Waals surface area (Å²) in [4.78, 5) is 19.0. The summed E-state index contributed by atoms with van der Waals surface area (Å²) < 4.78 is 6.64. The molecule has 0 unspecified atom stereocenters. The fourth-order valence-corrected chi connectivity index (χ4v) is 3.13. The van der Waals surface area contributed by atoms with E-state index in [1.165, 1.54) is 0 Å². The molecule has 0 aliphatic carbocycles. The van der Waals surface area contributed by atoms with Crippen LogP contribution in [0, 0.1) is 0 Å². The zero-order chi connectivity index (χ0) is 18.5. The molecule has 1 aliphatic rings. The summed E-state index contributed by atoms with van der Waals surface area (Å²) in [5.74, 6) is 0.649. The van der Waals surface area contributed by atoms with E-state index in [4.69, 9.17) is 4.74 Å². The monoisotopic (exact) mass is 358 g/mol. The quantitative estimate of drug-likeness (QED) is 0.839. The van der Waals surface area contributed by atoms with E-state index in [2.05, 4.69) is 39.4 Å². The maximum Gasteiger partial charge on any atom is 0.242 e. The number of aromatic nitrogens is 4. The number of pyridine rings is 1. The van der Waals surface area contributed by atoms with E-state index in [0.717, 1.165) is 25.9 Å². The van der Waals surface area contributed by atoms with Crippen LogP contribution in [0.1, 0.15) is 26.7 Å². The van der Waals surface area contributed by atoms with Gasteiger partial charge in [0.1, 0.15) is 18.0 Å². The van der Waals surface area contributed by atoms with Gasteiger partial charge in [0, 0.05) is 25.2 Å². The summed E-state index contributed by atoms with van der Waals surface area (Å²) in [6.07, 6.45) is 5.34. The minimum atomic E-state index is -0.0351.